The molecular formula is C16H18BrClN2. The number of aryl methyl sites for hydroxylation is 1. The first-order valence-electron chi connectivity index (χ1n) is 7.50. The van der Waals surface area contributed by atoms with Crippen LogP contribution in [-0.2, 0) is 6.42 Å². The van der Waals surface area contributed by atoms with Crippen molar-refractivity contribution in [3.63, 3.8) is 0 Å². The van der Waals surface area contributed by atoms with Gasteiger partial charge in [0.2, 0.25) is 0 Å². The lowest BCUT2D eigenvalue weighted by Crippen LogP contribution is -2.16. The molecule has 1 aromatic carbocycles. The maximum atomic E-state index is 6.00. The van der Waals surface area contributed by atoms with Gasteiger partial charge in [-0.3, -0.25) is 0 Å². The Balaban J connectivity index is 1.88. The molecule has 0 aliphatic heterocycles. The van der Waals surface area contributed by atoms with E-state index < -0.39 is 0 Å². The van der Waals surface area contributed by atoms with Crippen LogP contribution in [0.2, 0.25) is 0 Å². The van der Waals surface area contributed by atoms with Crippen LogP contribution in [0.5, 0.6) is 0 Å². The van der Waals surface area contributed by atoms with Crippen LogP contribution >= 0.6 is 27.5 Å². The Bertz CT molecular complexity index is 631. The normalized spacial score (nSPS) is 19.1. The zero-order chi connectivity index (χ0) is 13.7. The molecule has 1 heterocycles. The fourth-order valence-corrected chi connectivity index (χ4v) is 3.91. The predicted molar refractivity (Wildman–Crippen MR) is 86.3 cm³/mol. The van der Waals surface area contributed by atoms with Gasteiger partial charge in [-0.1, -0.05) is 15.9 Å². The molecule has 20 heavy (non-hydrogen) atoms. The first kappa shape index (κ1) is 13.1. The van der Waals surface area contributed by atoms with E-state index in [0.29, 0.717) is 11.9 Å². The van der Waals surface area contributed by atoms with Crippen molar-refractivity contribution in [2.24, 2.45) is 11.8 Å². The molecular weight excluding hydrogens is 336 g/mol. The molecule has 0 radical (unpaired) electrons. The largest absolute Gasteiger partial charge is 0.324 e. The van der Waals surface area contributed by atoms with E-state index in [2.05, 4.69) is 38.7 Å². The molecule has 0 N–H and O–H groups in total. The lowest BCUT2D eigenvalue weighted by Gasteiger charge is -2.21. The Morgan fingerprint density at radius 2 is 1.95 bits per heavy atom. The fourth-order valence-electron chi connectivity index (χ4n) is 3.39. The molecule has 0 spiro atoms. The maximum Gasteiger partial charge on any atom is 0.111 e. The number of hydrogen-bond acceptors (Lipinski definition) is 1. The van der Waals surface area contributed by atoms with Gasteiger partial charge in [-0.2, -0.15) is 0 Å². The third kappa shape index (κ3) is 2.29. The average Bonchev–Trinajstić information content (AvgIpc) is 3.32. The van der Waals surface area contributed by atoms with Crippen molar-refractivity contribution >= 4 is 38.6 Å². The standard InChI is InChI=1S/C16H18BrClN2/c17-12-5-6-13-14(9-12)20(15(19-13)7-8-18)16(10-1-2-10)11-3-4-11/h5-6,9-11,16H,1-4,7-8H2. The van der Waals surface area contributed by atoms with Crippen LogP contribution in [0.3, 0.4) is 0 Å². The summed E-state index contributed by atoms with van der Waals surface area (Å²) in [6.45, 7) is 0. The van der Waals surface area contributed by atoms with Crippen LogP contribution in [0.1, 0.15) is 37.5 Å². The van der Waals surface area contributed by atoms with E-state index in [-0.39, 0.29) is 0 Å². The molecule has 106 valence electrons. The van der Waals surface area contributed by atoms with Gasteiger partial charge in [0.15, 0.2) is 0 Å². The van der Waals surface area contributed by atoms with E-state index in [1.165, 1.54) is 37.0 Å². The first-order chi connectivity index (χ1) is 9.78. The van der Waals surface area contributed by atoms with Gasteiger partial charge in [0.1, 0.15) is 5.82 Å². The van der Waals surface area contributed by atoms with Crippen molar-refractivity contribution in [1.82, 2.24) is 9.55 Å². The van der Waals surface area contributed by atoms with Crippen LogP contribution in [0.15, 0.2) is 22.7 Å². The number of imidazole rings is 1. The molecule has 0 atom stereocenters. The number of alkyl halides is 1. The zero-order valence-corrected chi connectivity index (χ0v) is 13.7. The summed E-state index contributed by atoms with van der Waals surface area (Å²) in [6.07, 6.45) is 6.40. The second-order valence-corrected chi connectivity index (χ2v) is 7.43. The predicted octanol–water partition coefficient (Wildman–Crippen LogP) is 4.94. The summed E-state index contributed by atoms with van der Waals surface area (Å²) >= 11 is 9.60. The van der Waals surface area contributed by atoms with Crippen molar-refractivity contribution in [3.05, 3.63) is 28.5 Å². The lowest BCUT2D eigenvalue weighted by atomic mass is 10.1. The van der Waals surface area contributed by atoms with E-state index in [9.17, 15) is 0 Å². The molecule has 0 bridgehead atoms. The molecule has 2 nitrogen and oxygen atoms in total. The Labute approximate surface area is 132 Å². The molecule has 0 saturated heterocycles. The SMILES string of the molecule is ClCCc1nc2ccc(Br)cc2n1C(C1CC1)C1CC1. The monoisotopic (exact) mass is 352 g/mol. The molecule has 0 unspecified atom stereocenters. The van der Waals surface area contributed by atoms with Gasteiger partial charge in [-0.05, 0) is 55.7 Å². The molecule has 2 aromatic rings. The van der Waals surface area contributed by atoms with Gasteiger partial charge in [0.25, 0.3) is 0 Å². The smallest absolute Gasteiger partial charge is 0.111 e. The Morgan fingerprint density at radius 3 is 2.55 bits per heavy atom. The Kier molecular flexibility index (Phi) is 3.30. The molecule has 2 aliphatic carbocycles. The summed E-state index contributed by atoms with van der Waals surface area (Å²) in [4.78, 5) is 4.84. The summed E-state index contributed by atoms with van der Waals surface area (Å²) in [6, 6.07) is 7.07. The number of rotatable bonds is 5. The van der Waals surface area contributed by atoms with Gasteiger partial charge in [0.05, 0.1) is 11.0 Å². The van der Waals surface area contributed by atoms with Crippen LogP contribution in [0.25, 0.3) is 11.0 Å². The van der Waals surface area contributed by atoms with Gasteiger partial charge in [-0.15, -0.1) is 11.6 Å². The highest BCUT2D eigenvalue weighted by atomic mass is 79.9. The third-order valence-corrected chi connectivity index (χ3v) is 5.23. The molecule has 0 amide bonds. The first-order valence-corrected chi connectivity index (χ1v) is 8.83. The molecule has 4 heteroatoms. The Hall–Kier alpha value is -0.540. The average molecular weight is 354 g/mol. The van der Waals surface area contributed by atoms with E-state index in [1.54, 1.807) is 0 Å². The summed E-state index contributed by atoms with van der Waals surface area (Å²) in [5, 5.41) is 0. The number of hydrogen-bond donors (Lipinski definition) is 0. The van der Waals surface area contributed by atoms with Crippen molar-refractivity contribution in [2.45, 2.75) is 38.1 Å². The number of halogens is 2. The molecule has 2 saturated carbocycles. The maximum absolute atomic E-state index is 6.00. The van der Waals surface area contributed by atoms with Gasteiger partial charge < -0.3 is 4.57 Å². The summed E-state index contributed by atoms with van der Waals surface area (Å²) in [5.74, 6) is 3.56. The molecule has 4 rings (SSSR count). The zero-order valence-electron chi connectivity index (χ0n) is 11.4. The number of fused-ring (bicyclic) bond motifs is 1. The van der Waals surface area contributed by atoms with Gasteiger partial charge >= 0.3 is 0 Å². The quantitative estimate of drug-likeness (QED) is 0.696. The van der Waals surface area contributed by atoms with Crippen molar-refractivity contribution < 1.29 is 0 Å². The summed E-state index contributed by atoms with van der Waals surface area (Å²) < 4.78 is 3.66. The third-order valence-electron chi connectivity index (χ3n) is 4.55. The van der Waals surface area contributed by atoms with Crippen molar-refractivity contribution in [3.8, 4) is 0 Å². The van der Waals surface area contributed by atoms with Crippen LogP contribution in [0.4, 0.5) is 0 Å². The number of nitrogens with zero attached hydrogens (tertiary/aromatic N) is 2. The van der Waals surface area contributed by atoms with Gasteiger partial charge in [0, 0.05) is 22.8 Å². The summed E-state index contributed by atoms with van der Waals surface area (Å²) in [7, 11) is 0. The van der Waals surface area contributed by atoms with Crippen LogP contribution in [-0.4, -0.2) is 15.4 Å². The van der Waals surface area contributed by atoms with Gasteiger partial charge in [-0.25, -0.2) is 4.98 Å². The highest BCUT2D eigenvalue weighted by Crippen LogP contribution is 2.53. The van der Waals surface area contributed by atoms with E-state index in [1.807, 2.05) is 0 Å². The van der Waals surface area contributed by atoms with E-state index >= 15 is 0 Å². The van der Waals surface area contributed by atoms with Crippen LogP contribution in [0, 0.1) is 11.8 Å². The minimum Gasteiger partial charge on any atom is -0.324 e. The van der Waals surface area contributed by atoms with Crippen LogP contribution < -0.4 is 0 Å². The summed E-state index contributed by atoms with van der Waals surface area (Å²) in [5.41, 5.74) is 2.39. The topological polar surface area (TPSA) is 17.8 Å². The molecule has 2 fully saturated rings. The number of aromatic nitrogens is 2. The van der Waals surface area contributed by atoms with E-state index in [4.69, 9.17) is 16.6 Å². The Morgan fingerprint density at radius 1 is 1.25 bits per heavy atom. The molecule has 1 aromatic heterocycles. The number of benzene rings is 1. The van der Waals surface area contributed by atoms with Crippen molar-refractivity contribution in [2.75, 3.05) is 5.88 Å². The van der Waals surface area contributed by atoms with Crippen molar-refractivity contribution in [1.29, 1.82) is 0 Å². The fraction of sp³-hybridized carbons (Fsp3) is 0.562. The highest BCUT2D eigenvalue weighted by Gasteiger charge is 2.43. The van der Waals surface area contributed by atoms with E-state index in [0.717, 1.165) is 28.2 Å². The lowest BCUT2D eigenvalue weighted by molar-refractivity contribution is 0.393. The minimum atomic E-state index is 0.645. The highest BCUT2D eigenvalue weighted by molar-refractivity contribution is 9.10. The second-order valence-electron chi connectivity index (χ2n) is 6.14. The second kappa shape index (κ2) is 5.03. The molecule has 2 aliphatic rings. The minimum absolute atomic E-state index is 0.645.